The normalized spacial score (nSPS) is 19.0. The summed E-state index contributed by atoms with van der Waals surface area (Å²) < 4.78 is 41.3. The van der Waals surface area contributed by atoms with Crippen LogP contribution in [0.2, 0.25) is 0 Å². The van der Waals surface area contributed by atoms with Crippen LogP contribution in [0.4, 0.5) is 11.5 Å². The molecule has 1 aliphatic heterocycles. The number of aromatic nitrogens is 6. The van der Waals surface area contributed by atoms with Crippen LogP contribution in [0.1, 0.15) is 47.8 Å². The Morgan fingerprint density at radius 1 is 1.07 bits per heavy atom. The molecule has 0 bridgehead atoms. The molecule has 1 aliphatic carbocycles. The molecule has 5 heterocycles. The molecule has 0 atom stereocenters. The second-order valence-corrected chi connectivity index (χ2v) is 13.3. The summed E-state index contributed by atoms with van der Waals surface area (Å²) in [7, 11) is -1.81. The molecule has 1 N–H and O–H groups in total. The number of nitrogens with zero attached hydrogens (tertiary/aromatic N) is 8. The van der Waals surface area contributed by atoms with Crippen LogP contribution in [0.3, 0.4) is 0 Å². The molecule has 4 aromatic rings. The van der Waals surface area contributed by atoms with E-state index in [1.807, 2.05) is 24.6 Å². The Kier molecular flexibility index (Phi) is 8.81. The number of hydrogen-bond donors (Lipinski definition) is 1. The largest absolute Gasteiger partial charge is 0.474 e. The number of sulfonamides is 1. The van der Waals surface area contributed by atoms with Crippen molar-refractivity contribution in [2.75, 3.05) is 41.8 Å². The lowest BCUT2D eigenvalue weighted by atomic mass is 9.93. The molecule has 45 heavy (non-hydrogen) atoms. The van der Waals surface area contributed by atoms with Crippen LogP contribution in [0, 0.1) is 6.92 Å². The molecule has 0 unspecified atom stereocenters. The fraction of sp³-hybridized carbons (Fsp3) is 0.467. The lowest BCUT2D eigenvalue weighted by molar-refractivity contribution is 0.0881. The number of carbonyl (C=O) groups is 1. The summed E-state index contributed by atoms with van der Waals surface area (Å²) in [5.41, 5.74) is 1.81. The van der Waals surface area contributed by atoms with Crippen molar-refractivity contribution in [3.63, 3.8) is 0 Å². The van der Waals surface area contributed by atoms with Crippen molar-refractivity contribution in [2.45, 2.75) is 51.3 Å². The van der Waals surface area contributed by atoms with Gasteiger partial charge in [-0.3, -0.25) is 14.1 Å². The van der Waals surface area contributed by atoms with Gasteiger partial charge in [-0.2, -0.15) is 4.98 Å². The number of carbonyl (C=O) groups excluding carboxylic acids is 1. The molecule has 0 aromatic carbocycles. The van der Waals surface area contributed by atoms with Gasteiger partial charge in [-0.05, 0) is 44.7 Å². The van der Waals surface area contributed by atoms with Gasteiger partial charge in [0.15, 0.2) is 0 Å². The SMILES string of the molecule is Cc1ncc(CN(c2cnc3cc(N4CCOCC4)nc(O[C@H]4CC[C@@H](NC(=O)c5ncccn5)CC4)c3c2)S(C)(=O)=O)n1C. The van der Waals surface area contributed by atoms with E-state index in [1.165, 1.54) is 10.6 Å². The van der Waals surface area contributed by atoms with E-state index in [9.17, 15) is 13.2 Å². The second kappa shape index (κ2) is 12.9. The number of anilines is 2. The highest BCUT2D eigenvalue weighted by atomic mass is 32.2. The van der Waals surface area contributed by atoms with E-state index in [-0.39, 0.29) is 30.4 Å². The van der Waals surface area contributed by atoms with E-state index < -0.39 is 10.0 Å². The number of morpholine rings is 1. The summed E-state index contributed by atoms with van der Waals surface area (Å²) >= 11 is 0. The van der Waals surface area contributed by atoms with Crippen LogP contribution in [0.25, 0.3) is 10.9 Å². The molecule has 15 heteroatoms. The van der Waals surface area contributed by atoms with Crippen LogP contribution in [-0.4, -0.2) is 88.5 Å². The van der Waals surface area contributed by atoms with Crippen molar-refractivity contribution in [2.24, 2.45) is 7.05 Å². The number of ether oxygens (including phenoxy) is 2. The van der Waals surface area contributed by atoms with Crippen molar-refractivity contribution in [1.82, 2.24) is 34.8 Å². The third-order valence-corrected chi connectivity index (χ3v) is 9.46. The Labute approximate surface area is 261 Å². The molecule has 1 saturated heterocycles. The van der Waals surface area contributed by atoms with Gasteiger partial charge in [-0.15, -0.1) is 0 Å². The van der Waals surface area contributed by atoms with Crippen molar-refractivity contribution in [3.05, 3.63) is 60.3 Å². The molecule has 4 aromatic heterocycles. The van der Waals surface area contributed by atoms with Gasteiger partial charge in [0.1, 0.15) is 17.7 Å². The fourth-order valence-electron chi connectivity index (χ4n) is 5.64. The Morgan fingerprint density at radius 3 is 2.47 bits per heavy atom. The number of imidazole rings is 1. The predicted molar refractivity (Wildman–Crippen MR) is 168 cm³/mol. The lowest BCUT2D eigenvalue weighted by Crippen LogP contribution is -2.40. The molecule has 2 aliphatic rings. The van der Waals surface area contributed by atoms with Gasteiger partial charge in [-0.25, -0.2) is 23.4 Å². The summed E-state index contributed by atoms with van der Waals surface area (Å²) in [4.78, 5) is 36.7. The van der Waals surface area contributed by atoms with Crippen LogP contribution < -0.4 is 19.3 Å². The van der Waals surface area contributed by atoms with E-state index in [4.69, 9.17) is 19.4 Å². The monoisotopic (exact) mass is 635 g/mol. The highest BCUT2D eigenvalue weighted by Gasteiger charge is 2.27. The van der Waals surface area contributed by atoms with Gasteiger partial charge in [0, 0.05) is 44.6 Å². The highest BCUT2D eigenvalue weighted by Crippen LogP contribution is 2.34. The number of fused-ring (bicyclic) bond motifs is 1. The van der Waals surface area contributed by atoms with Crippen molar-refractivity contribution in [1.29, 1.82) is 0 Å². The third kappa shape index (κ3) is 6.99. The van der Waals surface area contributed by atoms with Crippen molar-refractivity contribution < 1.29 is 22.7 Å². The minimum absolute atomic E-state index is 0.0160. The first-order valence-electron chi connectivity index (χ1n) is 15.0. The Morgan fingerprint density at radius 2 is 1.80 bits per heavy atom. The Bertz CT molecular complexity index is 1770. The topological polar surface area (TPSA) is 158 Å². The number of rotatable bonds is 9. The van der Waals surface area contributed by atoms with Crippen molar-refractivity contribution in [3.8, 4) is 5.88 Å². The van der Waals surface area contributed by atoms with Gasteiger partial charge < -0.3 is 24.3 Å². The molecular weight excluding hydrogens is 598 g/mol. The average molecular weight is 636 g/mol. The number of amides is 1. The zero-order valence-corrected chi connectivity index (χ0v) is 26.4. The summed E-state index contributed by atoms with van der Waals surface area (Å²) in [6, 6.07) is 5.34. The zero-order valence-electron chi connectivity index (χ0n) is 25.6. The van der Waals surface area contributed by atoms with Crippen molar-refractivity contribution >= 4 is 38.3 Å². The number of nitrogens with one attached hydrogen (secondary N) is 1. The molecular formula is C30H37N9O5S. The standard InChI is InChI=1S/C30H37N9O5S/c1-20-33-18-23(37(20)2)19-39(45(3,41)42)22-15-25-26(34-17-22)16-27(38-11-13-43-14-12-38)36-30(25)44-24-7-5-21(6-8-24)35-29(40)28-31-9-4-10-32-28/h4,9-10,15-18,21,24H,5-8,11-14,19H2,1-3H3,(H,35,40)/t21-,24+. The number of pyridine rings is 2. The van der Waals surface area contributed by atoms with E-state index in [1.54, 1.807) is 36.9 Å². The zero-order chi connectivity index (χ0) is 31.6. The smallest absolute Gasteiger partial charge is 0.289 e. The predicted octanol–water partition coefficient (Wildman–Crippen LogP) is 2.38. The highest BCUT2D eigenvalue weighted by molar-refractivity contribution is 7.92. The molecule has 6 rings (SSSR count). The second-order valence-electron chi connectivity index (χ2n) is 11.4. The van der Waals surface area contributed by atoms with Crippen LogP contribution in [-0.2, 0) is 28.4 Å². The van der Waals surface area contributed by atoms with Crippen LogP contribution in [0.15, 0.2) is 43.0 Å². The molecule has 1 amide bonds. The first kappa shape index (κ1) is 30.6. The molecule has 14 nitrogen and oxygen atoms in total. The van der Waals surface area contributed by atoms with E-state index >= 15 is 0 Å². The van der Waals surface area contributed by atoms with E-state index in [0.717, 1.165) is 30.2 Å². The summed E-state index contributed by atoms with van der Waals surface area (Å²) in [6.45, 7) is 4.55. The maximum absolute atomic E-state index is 13.0. The third-order valence-electron chi connectivity index (χ3n) is 8.32. The lowest BCUT2D eigenvalue weighted by Gasteiger charge is -2.31. The van der Waals surface area contributed by atoms with Gasteiger partial charge in [-0.1, -0.05) is 0 Å². The molecule has 0 spiro atoms. The van der Waals surface area contributed by atoms with Gasteiger partial charge in [0.05, 0.1) is 60.7 Å². The number of hydrogen-bond acceptors (Lipinski definition) is 11. The van der Waals surface area contributed by atoms with E-state index in [2.05, 4.69) is 25.2 Å². The maximum Gasteiger partial charge on any atom is 0.289 e. The number of aryl methyl sites for hydroxylation is 1. The summed E-state index contributed by atoms with van der Waals surface area (Å²) in [6.07, 6.45) is 10.2. The Hall–Kier alpha value is -4.37. The van der Waals surface area contributed by atoms with Crippen LogP contribution in [0.5, 0.6) is 5.88 Å². The minimum Gasteiger partial charge on any atom is -0.474 e. The quantitative estimate of drug-likeness (QED) is 0.288. The molecule has 238 valence electrons. The van der Waals surface area contributed by atoms with E-state index in [0.29, 0.717) is 61.6 Å². The minimum atomic E-state index is -3.67. The maximum atomic E-state index is 13.0. The van der Waals surface area contributed by atoms with Crippen LogP contribution >= 0.6 is 0 Å². The summed E-state index contributed by atoms with van der Waals surface area (Å²) in [5, 5.41) is 3.65. The molecule has 2 fully saturated rings. The van der Waals surface area contributed by atoms with Gasteiger partial charge in [0.2, 0.25) is 21.7 Å². The first-order valence-corrected chi connectivity index (χ1v) is 16.8. The molecule has 0 radical (unpaired) electrons. The van der Waals surface area contributed by atoms with Gasteiger partial charge >= 0.3 is 0 Å². The summed E-state index contributed by atoms with van der Waals surface area (Å²) in [5.74, 6) is 1.78. The molecule has 1 saturated carbocycles. The average Bonchev–Trinajstić information content (AvgIpc) is 3.37. The van der Waals surface area contributed by atoms with Gasteiger partial charge in [0.25, 0.3) is 5.91 Å². The fourth-order valence-corrected chi connectivity index (χ4v) is 6.49. The first-order chi connectivity index (χ1) is 21.7. The Balaban J connectivity index is 1.27.